The molecule has 0 fully saturated rings. The van der Waals surface area contributed by atoms with E-state index >= 15 is 0 Å². The maximum absolute atomic E-state index is 12.0. The third-order valence-corrected chi connectivity index (χ3v) is 2.72. The molecule has 0 aliphatic carbocycles. The molecule has 1 rings (SSSR count). The lowest BCUT2D eigenvalue weighted by atomic mass is 10.1. The zero-order valence-electron chi connectivity index (χ0n) is 9.77. The number of amides is 1. The number of hydrogen-bond donors (Lipinski definition) is 0. The van der Waals surface area contributed by atoms with E-state index in [1.165, 1.54) is 12.4 Å². The van der Waals surface area contributed by atoms with Crippen molar-refractivity contribution in [3.8, 4) is 0 Å². The Kier molecular flexibility index (Phi) is 4.68. The molecule has 0 saturated heterocycles. The van der Waals surface area contributed by atoms with Crippen molar-refractivity contribution in [3.63, 3.8) is 0 Å². The van der Waals surface area contributed by atoms with E-state index < -0.39 is 0 Å². The molecule has 1 aromatic heterocycles. The zero-order valence-corrected chi connectivity index (χ0v) is 10.5. The van der Waals surface area contributed by atoms with Crippen LogP contribution in [-0.4, -0.2) is 33.9 Å². The lowest BCUT2D eigenvalue weighted by Gasteiger charge is -2.24. The molecule has 0 N–H and O–H groups in total. The molecule has 0 spiro atoms. The number of carbonyl (C=O) groups excluding carboxylic acids is 1. The number of carbonyl (C=O) groups is 1. The highest BCUT2D eigenvalue weighted by Gasteiger charge is 2.18. The second-order valence-corrected chi connectivity index (χ2v) is 4.17. The number of halogens is 1. The molecule has 0 aliphatic heterocycles. The van der Waals surface area contributed by atoms with Crippen LogP contribution in [0.3, 0.4) is 0 Å². The van der Waals surface area contributed by atoms with Gasteiger partial charge >= 0.3 is 0 Å². The van der Waals surface area contributed by atoms with Gasteiger partial charge in [-0.25, -0.2) is 9.97 Å². The largest absolute Gasteiger partial charge is 0.338 e. The van der Waals surface area contributed by atoms with E-state index in [9.17, 15) is 4.79 Å². The minimum atomic E-state index is -0.120. The molecule has 88 valence electrons. The van der Waals surface area contributed by atoms with E-state index in [4.69, 9.17) is 11.6 Å². The summed E-state index contributed by atoms with van der Waals surface area (Å²) in [6.45, 7) is 4.11. The Labute approximate surface area is 101 Å². The first-order valence-corrected chi connectivity index (χ1v) is 5.68. The summed E-state index contributed by atoms with van der Waals surface area (Å²) in [6.07, 6.45) is 4.81. The van der Waals surface area contributed by atoms with Crippen molar-refractivity contribution in [2.24, 2.45) is 0 Å². The van der Waals surface area contributed by atoms with Crippen LogP contribution >= 0.6 is 11.6 Å². The van der Waals surface area contributed by atoms with Gasteiger partial charge < -0.3 is 4.90 Å². The third kappa shape index (κ3) is 3.17. The molecule has 4 nitrogen and oxygen atoms in total. The third-order valence-electron chi connectivity index (χ3n) is 2.53. The highest BCUT2D eigenvalue weighted by atomic mass is 35.5. The van der Waals surface area contributed by atoms with Crippen molar-refractivity contribution >= 4 is 17.5 Å². The molecular formula is C11H16ClN3O. The van der Waals surface area contributed by atoms with Gasteiger partial charge in [0.15, 0.2) is 0 Å². The Balaban J connectivity index is 2.73. The fourth-order valence-corrected chi connectivity index (χ4v) is 1.51. The molecule has 1 atom stereocenters. The minimum absolute atomic E-state index is 0.120. The first-order valence-electron chi connectivity index (χ1n) is 5.31. The molecular weight excluding hydrogens is 226 g/mol. The summed E-state index contributed by atoms with van der Waals surface area (Å²) < 4.78 is 0. The maximum Gasteiger partial charge on any atom is 0.274 e. The predicted molar refractivity (Wildman–Crippen MR) is 63.5 cm³/mol. The van der Waals surface area contributed by atoms with Gasteiger partial charge in [-0.2, -0.15) is 0 Å². The molecule has 1 amide bonds. The lowest BCUT2D eigenvalue weighted by Crippen LogP contribution is -2.35. The normalized spacial score (nSPS) is 12.2. The topological polar surface area (TPSA) is 46.1 Å². The average molecular weight is 242 g/mol. The summed E-state index contributed by atoms with van der Waals surface area (Å²) in [5.41, 5.74) is 0.329. The molecule has 0 aromatic carbocycles. The summed E-state index contributed by atoms with van der Waals surface area (Å²) in [6, 6.07) is 0.204. The van der Waals surface area contributed by atoms with Crippen LogP contribution in [-0.2, 0) is 0 Å². The van der Waals surface area contributed by atoms with Gasteiger partial charge in [0.05, 0.1) is 12.4 Å². The smallest absolute Gasteiger partial charge is 0.274 e. The van der Waals surface area contributed by atoms with Crippen molar-refractivity contribution in [2.75, 3.05) is 7.05 Å². The average Bonchev–Trinajstić information content (AvgIpc) is 2.28. The van der Waals surface area contributed by atoms with Crippen LogP contribution in [0.5, 0.6) is 0 Å². The van der Waals surface area contributed by atoms with Gasteiger partial charge in [0.25, 0.3) is 5.91 Å². The number of hydrogen-bond acceptors (Lipinski definition) is 3. The van der Waals surface area contributed by atoms with E-state index in [1.807, 2.05) is 6.92 Å². The van der Waals surface area contributed by atoms with Crippen molar-refractivity contribution in [1.82, 2.24) is 14.9 Å². The van der Waals surface area contributed by atoms with Gasteiger partial charge in [0.1, 0.15) is 10.8 Å². The fraction of sp³-hybridized carbons (Fsp3) is 0.545. The van der Waals surface area contributed by atoms with E-state index in [1.54, 1.807) is 11.9 Å². The maximum atomic E-state index is 12.0. The monoisotopic (exact) mass is 241 g/mol. The number of rotatable bonds is 4. The Bertz CT molecular complexity index is 353. The van der Waals surface area contributed by atoms with Crippen LogP contribution < -0.4 is 0 Å². The molecule has 0 aliphatic rings. The molecule has 16 heavy (non-hydrogen) atoms. The van der Waals surface area contributed by atoms with Crippen molar-refractivity contribution in [3.05, 3.63) is 23.2 Å². The Morgan fingerprint density at radius 3 is 2.69 bits per heavy atom. The molecule has 1 heterocycles. The molecule has 1 aromatic rings. The van der Waals surface area contributed by atoms with Gasteiger partial charge in [-0.05, 0) is 13.3 Å². The second-order valence-electron chi connectivity index (χ2n) is 3.78. The molecule has 1 unspecified atom stereocenters. The van der Waals surface area contributed by atoms with Crippen LogP contribution in [0.1, 0.15) is 37.2 Å². The summed E-state index contributed by atoms with van der Waals surface area (Å²) in [4.78, 5) is 21.4. The first-order chi connectivity index (χ1) is 7.56. The quantitative estimate of drug-likeness (QED) is 0.813. The summed E-state index contributed by atoms with van der Waals surface area (Å²) in [5.74, 6) is -0.120. The van der Waals surface area contributed by atoms with Gasteiger partial charge in [0.2, 0.25) is 0 Å². The lowest BCUT2D eigenvalue weighted by molar-refractivity contribution is 0.0730. The van der Waals surface area contributed by atoms with Crippen molar-refractivity contribution in [2.45, 2.75) is 32.7 Å². The van der Waals surface area contributed by atoms with Crippen LogP contribution in [0.15, 0.2) is 12.4 Å². The summed E-state index contributed by atoms with van der Waals surface area (Å²) in [5, 5.41) is 0.292. The Morgan fingerprint density at radius 2 is 2.19 bits per heavy atom. The molecule has 0 bridgehead atoms. The van der Waals surface area contributed by atoms with Gasteiger partial charge in [-0.15, -0.1) is 0 Å². The molecule has 0 saturated carbocycles. The van der Waals surface area contributed by atoms with Crippen LogP contribution in [0.2, 0.25) is 5.15 Å². The number of nitrogens with zero attached hydrogens (tertiary/aromatic N) is 3. The first kappa shape index (κ1) is 12.9. The van der Waals surface area contributed by atoms with Gasteiger partial charge in [0, 0.05) is 13.1 Å². The van der Waals surface area contributed by atoms with E-state index in [0.717, 1.165) is 12.8 Å². The predicted octanol–water partition coefficient (Wildman–Crippen LogP) is 2.39. The second kappa shape index (κ2) is 5.80. The van der Waals surface area contributed by atoms with Crippen molar-refractivity contribution in [1.29, 1.82) is 0 Å². The van der Waals surface area contributed by atoms with Gasteiger partial charge in [-0.3, -0.25) is 4.79 Å². The van der Waals surface area contributed by atoms with E-state index in [0.29, 0.717) is 10.8 Å². The van der Waals surface area contributed by atoms with Crippen LogP contribution in [0.25, 0.3) is 0 Å². The summed E-state index contributed by atoms with van der Waals surface area (Å²) in [7, 11) is 1.78. The highest BCUT2D eigenvalue weighted by molar-refractivity contribution is 6.29. The molecule has 0 radical (unpaired) electrons. The highest BCUT2D eigenvalue weighted by Crippen LogP contribution is 2.09. The zero-order chi connectivity index (χ0) is 12.1. The SMILES string of the molecule is CCCC(C)N(C)C(=O)c1cnc(Cl)cn1. The standard InChI is InChI=1S/C11H16ClN3O/c1-4-5-8(2)15(3)11(16)9-6-14-10(12)7-13-9/h6-8H,4-5H2,1-3H3. The van der Waals surface area contributed by atoms with Crippen molar-refractivity contribution < 1.29 is 4.79 Å². The van der Waals surface area contributed by atoms with E-state index in [2.05, 4.69) is 16.9 Å². The number of aromatic nitrogens is 2. The van der Waals surface area contributed by atoms with E-state index in [-0.39, 0.29) is 11.9 Å². The fourth-order valence-electron chi connectivity index (χ4n) is 1.41. The summed E-state index contributed by atoms with van der Waals surface area (Å²) >= 11 is 5.61. The van der Waals surface area contributed by atoms with Crippen LogP contribution in [0.4, 0.5) is 0 Å². The Morgan fingerprint density at radius 1 is 1.50 bits per heavy atom. The molecule has 5 heteroatoms. The minimum Gasteiger partial charge on any atom is -0.338 e. The van der Waals surface area contributed by atoms with Gasteiger partial charge in [-0.1, -0.05) is 24.9 Å². The Hall–Kier alpha value is -1.16. The van der Waals surface area contributed by atoms with Crippen LogP contribution in [0, 0.1) is 0 Å².